The lowest BCUT2D eigenvalue weighted by Crippen LogP contribution is -2.51. The largest absolute Gasteiger partial charge is 0.378 e. The zero-order chi connectivity index (χ0) is 7.68. The first-order chi connectivity index (χ1) is 5.34. The van der Waals surface area contributed by atoms with Crippen LogP contribution in [-0.4, -0.2) is 43.4 Å². The van der Waals surface area contributed by atoms with Gasteiger partial charge in [0.05, 0.1) is 19.3 Å². The fourth-order valence-electron chi connectivity index (χ4n) is 1.59. The molecule has 2 aliphatic heterocycles. The molecule has 4 nitrogen and oxygen atoms in total. The van der Waals surface area contributed by atoms with Gasteiger partial charge in [0, 0.05) is 19.1 Å². The Labute approximate surface area is 66.7 Å². The van der Waals surface area contributed by atoms with Crippen LogP contribution in [0.15, 0.2) is 0 Å². The van der Waals surface area contributed by atoms with Crippen LogP contribution in [0.2, 0.25) is 0 Å². The van der Waals surface area contributed by atoms with Gasteiger partial charge in [-0.3, -0.25) is 5.84 Å². The molecule has 11 heavy (non-hydrogen) atoms. The molecule has 0 bridgehead atoms. The molecule has 0 aromatic heterocycles. The van der Waals surface area contributed by atoms with Gasteiger partial charge in [0.2, 0.25) is 0 Å². The first-order valence-corrected chi connectivity index (χ1v) is 4.18. The van der Waals surface area contributed by atoms with Gasteiger partial charge in [0.25, 0.3) is 0 Å². The molecule has 0 aromatic rings. The SMILES string of the molecule is NN1CCC(NC2COC2)C1. The standard InChI is InChI=1S/C7H15N3O/c8-10-2-1-6(3-10)9-7-4-11-5-7/h6-7,9H,1-5,8H2. The van der Waals surface area contributed by atoms with Crippen molar-refractivity contribution in [2.45, 2.75) is 18.5 Å². The van der Waals surface area contributed by atoms with Crippen LogP contribution < -0.4 is 11.2 Å². The van der Waals surface area contributed by atoms with Crippen molar-refractivity contribution in [1.29, 1.82) is 0 Å². The monoisotopic (exact) mass is 157 g/mol. The predicted molar refractivity (Wildman–Crippen MR) is 41.9 cm³/mol. The van der Waals surface area contributed by atoms with Crippen molar-refractivity contribution in [1.82, 2.24) is 10.3 Å². The number of nitrogens with two attached hydrogens (primary N) is 1. The second kappa shape index (κ2) is 3.06. The highest BCUT2D eigenvalue weighted by Crippen LogP contribution is 2.08. The summed E-state index contributed by atoms with van der Waals surface area (Å²) >= 11 is 0. The maximum absolute atomic E-state index is 5.62. The molecule has 3 N–H and O–H groups in total. The number of rotatable bonds is 2. The van der Waals surface area contributed by atoms with E-state index in [9.17, 15) is 0 Å². The van der Waals surface area contributed by atoms with E-state index in [1.54, 1.807) is 0 Å². The Morgan fingerprint density at radius 3 is 2.64 bits per heavy atom. The topological polar surface area (TPSA) is 50.5 Å². The Morgan fingerprint density at radius 1 is 1.36 bits per heavy atom. The first kappa shape index (κ1) is 7.49. The van der Waals surface area contributed by atoms with Crippen molar-refractivity contribution in [2.75, 3.05) is 26.3 Å². The summed E-state index contributed by atoms with van der Waals surface area (Å²) in [5.41, 5.74) is 0. The maximum atomic E-state index is 5.62. The van der Waals surface area contributed by atoms with Crippen LogP contribution in [0.3, 0.4) is 0 Å². The molecule has 64 valence electrons. The Morgan fingerprint density at radius 2 is 2.18 bits per heavy atom. The van der Waals surface area contributed by atoms with E-state index in [0.29, 0.717) is 12.1 Å². The Balaban J connectivity index is 1.70. The van der Waals surface area contributed by atoms with Crippen LogP contribution in [0, 0.1) is 0 Å². The molecule has 2 heterocycles. The molecule has 2 aliphatic rings. The number of hydrogen-bond acceptors (Lipinski definition) is 4. The fourth-order valence-corrected chi connectivity index (χ4v) is 1.59. The van der Waals surface area contributed by atoms with Gasteiger partial charge in [0.15, 0.2) is 0 Å². The maximum Gasteiger partial charge on any atom is 0.0643 e. The summed E-state index contributed by atoms with van der Waals surface area (Å²) in [5.74, 6) is 5.62. The van der Waals surface area contributed by atoms with E-state index in [2.05, 4.69) is 5.32 Å². The number of hydrogen-bond donors (Lipinski definition) is 2. The zero-order valence-corrected chi connectivity index (χ0v) is 6.62. The van der Waals surface area contributed by atoms with E-state index in [0.717, 1.165) is 26.3 Å². The van der Waals surface area contributed by atoms with Gasteiger partial charge in [-0.1, -0.05) is 0 Å². The summed E-state index contributed by atoms with van der Waals surface area (Å²) in [4.78, 5) is 0. The van der Waals surface area contributed by atoms with Crippen molar-refractivity contribution in [3.8, 4) is 0 Å². The summed E-state index contributed by atoms with van der Waals surface area (Å²) in [6, 6.07) is 1.18. The lowest BCUT2D eigenvalue weighted by Gasteiger charge is -2.29. The van der Waals surface area contributed by atoms with Crippen LogP contribution in [0.1, 0.15) is 6.42 Å². The van der Waals surface area contributed by atoms with Crippen molar-refractivity contribution < 1.29 is 4.74 Å². The minimum atomic E-state index is 0.589. The molecule has 0 spiro atoms. The molecule has 2 fully saturated rings. The van der Waals surface area contributed by atoms with Crippen LogP contribution in [0.4, 0.5) is 0 Å². The highest BCUT2D eigenvalue weighted by atomic mass is 16.5. The smallest absolute Gasteiger partial charge is 0.0643 e. The van der Waals surface area contributed by atoms with Gasteiger partial charge in [-0.15, -0.1) is 0 Å². The average Bonchev–Trinajstić information content (AvgIpc) is 2.27. The lowest BCUT2D eigenvalue weighted by atomic mass is 10.2. The third-order valence-electron chi connectivity index (χ3n) is 2.33. The molecule has 2 rings (SSSR count). The van der Waals surface area contributed by atoms with Crippen molar-refractivity contribution in [3.63, 3.8) is 0 Å². The number of hydrazine groups is 1. The van der Waals surface area contributed by atoms with Crippen LogP contribution in [0.25, 0.3) is 0 Å². The molecular weight excluding hydrogens is 142 g/mol. The van der Waals surface area contributed by atoms with E-state index >= 15 is 0 Å². The second-order valence-electron chi connectivity index (χ2n) is 3.38. The summed E-state index contributed by atoms with van der Waals surface area (Å²) in [6.45, 7) is 3.75. The molecule has 0 aromatic carbocycles. The third kappa shape index (κ3) is 1.70. The minimum absolute atomic E-state index is 0.589. The van der Waals surface area contributed by atoms with Crippen LogP contribution in [-0.2, 0) is 4.74 Å². The summed E-state index contributed by atoms with van der Waals surface area (Å²) in [6.07, 6.45) is 1.17. The highest BCUT2D eigenvalue weighted by Gasteiger charge is 2.25. The third-order valence-corrected chi connectivity index (χ3v) is 2.33. The van der Waals surface area contributed by atoms with E-state index < -0.39 is 0 Å². The zero-order valence-electron chi connectivity index (χ0n) is 6.62. The Bertz CT molecular complexity index is 138. The summed E-state index contributed by atoms with van der Waals surface area (Å²) in [7, 11) is 0. The number of ether oxygens (including phenoxy) is 1. The quantitative estimate of drug-likeness (QED) is 0.501. The molecule has 0 saturated carbocycles. The first-order valence-electron chi connectivity index (χ1n) is 4.18. The molecule has 0 amide bonds. The van der Waals surface area contributed by atoms with Gasteiger partial charge >= 0.3 is 0 Å². The highest BCUT2D eigenvalue weighted by molar-refractivity contribution is 4.84. The van der Waals surface area contributed by atoms with Gasteiger partial charge in [-0.05, 0) is 6.42 Å². The lowest BCUT2D eigenvalue weighted by molar-refractivity contribution is -0.00948. The van der Waals surface area contributed by atoms with Crippen LogP contribution in [0.5, 0.6) is 0 Å². The second-order valence-corrected chi connectivity index (χ2v) is 3.38. The predicted octanol–water partition coefficient (Wildman–Crippen LogP) is -1.08. The van der Waals surface area contributed by atoms with Crippen molar-refractivity contribution >= 4 is 0 Å². The Kier molecular flexibility index (Phi) is 2.09. The van der Waals surface area contributed by atoms with Crippen molar-refractivity contribution in [2.24, 2.45) is 5.84 Å². The molecule has 0 aliphatic carbocycles. The molecule has 4 heteroatoms. The van der Waals surface area contributed by atoms with Gasteiger partial charge in [0.1, 0.15) is 0 Å². The number of nitrogens with one attached hydrogen (secondary N) is 1. The van der Waals surface area contributed by atoms with Gasteiger partial charge in [-0.2, -0.15) is 0 Å². The summed E-state index contributed by atoms with van der Waals surface area (Å²) < 4.78 is 5.06. The normalized spacial score (nSPS) is 34.1. The number of nitrogens with zero attached hydrogens (tertiary/aromatic N) is 1. The average molecular weight is 157 g/mol. The molecule has 0 radical (unpaired) electrons. The van der Waals surface area contributed by atoms with E-state index in [1.165, 1.54) is 6.42 Å². The Hall–Kier alpha value is -0.160. The fraction of sp³-hybridized carbons (Fsp3) is 1.00. The molecule has 2 saturated heterocycles. The van der Waals surface area contributed by atoms with Gasteiger partial charge in [-0.25, -0.2) is 5.01 Å². The van der Waals surface area contributed by atoms with E-state index in [1.807, 2.05) is 5.01 Å². The van der Waals surface area contributed by atoms with E-state index in [-0.39, 0.29) is 0 Å². The molecular formula is C7H15N3O. The van der Waals surface area contributed by atoms with E-state index in [4.69, 9.17) is 10.6 Å². The van der Waals surface area contributed by atoms with Crippen molar-refractivity contribution in [3.05, 3.63) is 0 Å². The molecule has 1 atom stereocenters. The summed E-state index contributed by atoms with van der Waals surface area (Å²) in [5, 5.41) is 5.37. The molecule has 1 unspecified atom stereocenters. The minimum Gasteiger partial charge on any atom is -0.378 e. The van der Waals surface area contributed by atoms with Crippen LogP contribution >= 0.6 is 0 Å². The van der Waals surface area contributed by atoms with Gasteiger partial charge < -0.3 is 10.1 Å².